The van der Waals surface area contributed by atoms with E-state index in [-0.39, 0.29) is 11.9 Å². The van der Waals surface area contributed by atoms with Gasteiger partial charge in [-0.05, 0) is 32.6 Å². The van der Waals surface area contributed by atoms with Crippen LogP contribution in [-0.4, -0.2) is 50.5 Å². The predicted molar refractivity (Wildman–Crippen MR) is 108 cm³/mol. The molecule has 27 heavy (non-hydrogen) atoms. The molecule has 1 unspecified atom stereocenters. The van der Waals surface area contributed by atoms with Gasteiger partial charge in [0.25, 0.3) is 0 Å². The number of likely N-dealkylation sites (tertiary alicyclic amines) is 1. The number of piperidine rings is 1. The Bertz CT molecular complexity index is 703. The maximum atomic E-state index is 13.5. The molecule has 0 N–H and O–H groups in total. The fourth-order valence-corrected chi connectivity index (χ4v) is 5.24. The maximum Gasteiger partial charge on any atom is 0.246 e. The van der Waals surface area contributed by atoms with Crippen molar-refractivity contribution < 1.29 is 4.79 Å². The van der Waals surface area contributed by atoms with Crippen molar-refractivity contribution in [2.45, 2.75) is 70.0 Å². The van der Waals surface area contributed by atoms with E-state index in [9.17, 15) is 4.79 Å². The quantitative estimate of drug-likeness (QED) is 0.784. The summed E-state index contributed by atoms with van der Waals surface area (Å²) in [4.78, 5) is 26.5. The Hall–Kier alpha value is -1.73. The van der Waals surface area contributed by atoms with Gasteiger partial charge in [0.2, 0.25) is 5.91 Å². The van der Waals surface area contributed by atoms with Crippen LogP contribution in [0.2, 0.25) is 0 Å². The van der Waals surface area contributed by atoms with Gasteiger partial charge in [-0.2, -0.15) is 0 Å². The van der Waals surface area contributed by atoms with Crippen LogP contribution in [-0.2, 0) is 4.79 Å². The summed E-state index contributed by atoms with van der Waals surface area (Å²) in [5.41, 5.74) is 0. The second-order valence-electron chi connectivity index (χ2n) is 7.77. The van der Waals surface area contributed by atoms with Gasteiger partial charge < -0.3 is 4.57 Å². The van der Waals surface area contributed by atoms with E-state index < -0.39 is 0 Å². The summed E-state index contributed by atoms with van der Waals surface area (Å²) in [6.07, 6.45) is 15.6. The molecule has 1 aliphatic carbocycles. The Balaban J connectivity index is 1.43. The fourth-order valence-electron chi connectivity index (χ4n) is 4.52. The van der Waals surface area contributed by atoms with E-state index in [1.807, 2.05) is 35.2 Å². The lowest BCUT2D eigenvalue weighted by atomic mass is 9.94. The van der Waals surface area contributed by atoms with Crippen LogP contribution in [0.5, 0.6) is 0 Å². The van der Waals surface area contributed by atoms with Crippen molar-refractivity contribution in [1.82, 2.24) is 19.4 Å². The second kappa shape index (κ2) is 8.52. The van der Waals surface area contributed by atoms with Crippen molar-refractivity contribution in [3.8, 4) is 0 Å². The highest BCUT2D eigenvalue weighted by Crippen LogP contribution is 2.31. The minimum Gasteiger partial charge on any atom is -0.334 e. The number of carbonyl (C=O) groups excluding carboxylic acids is 1. The zero-order valence-corrected chi connectivity index (χ0v) is 16.9. The summed E-state index contributed by atoms with van der Waals surface area (Å²) in [5, 5.41) is 2.84. The number of amides is 1. The molecule has 2 aromatic heterocycles. The topological polar surface area (TPSA) is 54.3 Å². The van der Waals surface area contributed by atoms with Crippen molar-refractivity contribution in [2.75, 3.05) is 18.0 Å². The molecule has 0 aromatic carbocycles. The molecule has 0 bridgehead atoms. The summed E-state index contributed by atoms with van der Waals surface area (Å²) >= 11 is 1.58. The van der Waals surface area contributed by atoms with Crippen LogP contribution in [0.1, 0.15) is 57.9 Å². The highest BCUT2D eigenvalue weighted by Gasteiger charge is 2.35. The standard InChI is InChI=1S/C20H29N5OS/c1-16(23-11-7-17(8-12-23)24-13-9-21-15-24)19(26)25(20-22-10-14-27-20)18-5-3-2-4-6-18/h9-10,13-18H,2-8,11-12H2,1H3. The monoisotopic (exact) mass is 387 g/mol. The van der Waals surface area contributed by atoms with Crippen LogP contribution in [0.4, 0.5) is 5.13 Å². The lowest BCUT2D eigenvalue weighted by molar-refractivity contribution is -0.124. The largest absolute Gasteiger partial charge is 0.334 e. The molecule has 146 valence electrons. The van der Waals surface area contributed by atoms with Gasteiger partial charge in [-0.15, -0.1) is 11.3 Å². The number of carbonyl (C=O) groups is 1. The number of rotatable bonds is 5. The van der Waals surface area contributed by atoms with E-state index in [0.717, 1.165) is 43.9 Å². The van der Waals surface area contributed by atoms with Gasteiger partial charge in [0.1, 0.15) is 0 Å². The molecule has 1 aliphatic heterocycles. The third-order valence-corrected chi connectivity index (χ3v) is 6.92. The molecule has 1 saturated carbocycles. The number of hydrogen-bond donors (Lipinski definition) is 0. The van der Waals surface area contributed by atoms with Crippen molar-refractivity contribution >= 4 is 22.4 Å². The van der Waals surface area contributed by atoms with Gasteiger partial charge in [0.15, 0.2) is 5.13 Å². The Morgan fingerprint density at radius 1 is 1.19 bits per heavy atom. The zero-order chi connectivity index (χ0) is 18.6. The molecule has 0 radical (unpaired) electrons. The van der Waals surface area contributed by atoms with Crippen molar-refractivity contribution in [1.29, 1.82) is 0 Å². The summed E-state index contributed by atoms with van der Waals surface area (Å²) in [7, 11) is 0. The minimum absolute atomic E-state index is 0.0976. The molecular formula is C20H29N5OS. The first-order valence-corrected chi connectivity index (χ1v) is 11.1. The van der Waals surface area contributed by atoms with Crippen LogP contribution in [0.25, 0.3) is 0 Å². The molecule has 2 fully saturated rings. The molecule has 1 atom stereocenters. The summed E-state index contributed by atoms with van der Waals surface area (Å²) in [5.74, 6) is 0.220. The second-order valence-corrected chi connectivity index (χ2v) is 8.64. The van der Waals surface area contributed by atoms with E-state index in [1.165, 1.54) is 19.3 Å². The lowest BCUT2D eigenvalue weighted by Gasteiger charge is -2.39. The molecule has 2 aliphatic rings. The molecule has 6 nitrogen and oxygen atoms in total. The molecule has 0 spiro atoms. The zero-order valence-electron chi connectivity index (χ0n) is 16.0. The van der Waals surface area contributed by atoms with E-state index in [4.69, 9.17) is 0 Å². The normalized spacial score (nSPS) is 21.2. The van der Waals surface area contributed by atoms with Crippen LogP contribution in [0.15, 0.2) is 30.3 Å². The Kier molecular flexibility index (Phi) is 5.88. The third kappa shape index (κ3) is 4.09. The van der Waals surface area contributed by atoms with Crippen molar-refractivity contribution in [2.24, 2.45) is 0 Å². The van der Waals surface area contributed by atoms with Crippen LogP contribution >= 0.6 is 11.3 Å². The molecule has 7 heteroatoms. The van der Waals surface area contributed by atoms with Gasteiger partial charge in [-0.1, -0.05) is 19.3 Å². The Labute approximate surface area is 165 Å². The van der Waals surface area contributed by atoms with E-state index in [1.54, 1.807) is 11.3 Å². The van der Waals surface area contributed by atoms with E-state index >= 15 is 0 Å². The number of aromatic nitrogens is 3. The minimum atomic E-state index is -0.0976. The average Bonchev–Trinajstić information content (AvgIpc) is 3.43. The van der Waals surface area contributed by atoms with Gasteiger partial charge in [0, 0.05) is 49.1 Å². The summed E-state index contributed by atoms with van der Waals surface area (Å²) in [6, 6.07) is 0.711. The van der Waals surface area contributed by atoms with Crippen molar-refractivity contribution in [3.63, 3.8) is 0 Å². The molecule has 2 aromatic rings. The Morgan fingerprint density at radius 2 is 1.96 bits per heavy atom. The molecule has 3 heterocycles. The van der Waals surface area contributed by atoms with Crippen LogP contribution in [0.3, 0.4) is 0 Å². The fraction of sp³-hybridized carbons (Fsp3) is 0.650. The Morgan fingerprint density at radius 3 is 2.59 bits per heavy atom. The van der Waals surface area contributed by atoms with E-state index in [2.05, 4.69) is 26.4 Å². The average molecular weight is 388 g/mol. The summed E-state index contributed by atoms with van der Waals surface area (Å²) < 4.78 is 2.20. The van der Waals surface area contributed by atoms with Crippen molar-refractivity contribution in [3.05, 3.63) is 30.3 Å². The number of hydrogen-bond acceptors (Lipinski definition) is 5. The first-order valence-electron chi connectivity index (χ1n) is 10.2. The highest BCUT2D eigenvalue weighted by atomic mass is 32.1. The highest BCUT2D eigenvalue weighted by molar-refractivity contribution is 7.13. The SMILES string of the molecule is CC(C(=O)N(c1nccs1)C1CCCCC1)N1CCC(n2ccnc2)CC1. The maximum absolute atomic E-state index is 13.5. The molecular weight excluding hydrogens is 358 g/mol. The van der Waals surface area contributed by atoms with Gasteiger partial charge in [-0.3, -0.25) is 14.6 Å². The lowest BCUT2D eigenvalue weighted by Crippen LogP contribution is -2.53. The predicted octanol–water partition coefficient (Wildman–Crippen LogP) is 3.73. The first kappa shape index (κ1) is 18.6. The first-order chi connectivity index (χ1) is 13.2. The molecule has 4 rings (SSSR count). The molecule has 1 amide bonds. The van der Waals surface area contributed by atoms with Crippen LogP contribution in [0, 0.1) is 0 Å². The van der Waals surface area contributed by atoms with E-state index in [0.29, 0.717) is 12.1 Å². The number of nitrogens with zero attached hydrogens (tertiary/aromatic N) is 5. The third-order valence-electron chi connectivity index (χ3n) is 6.15. The van der Waals surface area contributed by atoms with Crippen LogP contribution < -0.4 is 4.90 Å². The number of anilines is 1. The van der Waals surface area contributed by atoms with Gasteiger partial charge in [0.05, 0.1) is 12.4 Å². The van der Waals surface area contributed by atoms with Gasteiger partial charge in [-0.25, -0.2) is 9.97 Å². The summed E-state index contributed by atoms with van der Waals surface area (Å²) in [6.45, 7) is 3.97. The number of imidazole rings is 1. The number of thiazole rings is 1. The smallest absolute Gasteiger partial charge is 0.246 e. The molecule has 1 saturated heterocycles. The van der Waals surface area contributed by atoms with Gasteiger partial charge >= 0.3 is 0 Å².